The number of hydrogen-bond donors (Lipinski definition) is 5. The van der Waals surface area contributed by atoms with Crippen molar-refractivity contribution in [3.63, 3.8) is 0 Å². The van der Waals surface area contributed by atoms with E-state index < -0.39 is 20.2 Å². The summed E-state index contributed by atoms with van der Waals surface area (Å²) in [4.78, 5) is 74.2. The Kier molecular flexibility index (Phi) is 20.5. The summed E-state index contributed by atoms with van der Waals surface area (Å²) in [5.41, 5.74) is 14.2. The molecule has 0 spiro atoms. The minimum Gasteiger partial charge on any atom is -0.744 e. The molecule has 21 nitrogen and oxygen atoms in total. The molecular weight excluding hydrogens is 1120 g/mol. The van der Waals surface area contributed by atoms with Gasteiger partial charge in [-0.2, -0.15) is 0 Å². The van der Waals surface area contributed by atoms with Crippen molar-refractivity contribution in [2.45, 2.75) is 16.2 Å². The van der Waals surface area contributed by atoms with Crippen molar-refractivity contribution in [1.82, 2.24) is 51.2 Å². The Hall–Kier alpha value is -7.78. The van der Waals surface area contributed by atoms with Gasteiger partial charge in [0.05, 0.1) is 65.1 Å². The van der Waals surface area contributed by atoms with Crippen molar-refractivity contribution in [3.05, 3.63) is 181 Å². The normalized spacial score (nSPS) is 11.1. The van der Waals surface area contributed by atoms with E-state index in [1.54, 1.807) is 143 Å². The largest absolute Gasteiger partial charge is 1.00 e. The second-order valence-corrected chi connectivity index (χ2v) is 20.6. The number of fused-ring (bicyclic) bond motifs is 9. The number of amides is 4. The average Bonchev–Trinajstić information content (AvgIpc) is 3.68. The molecule has 0 unspecified atom stereocenters. The molecule has 11 rings (SSSR count). The Morgan fingerprint density at radius 2 is 0.663 bits per heavy atom. The van der Waals surface area contributed by atoms with E-state index in [0.717, 1.165) is 21.9 Å². The van der Waals surface area contributed by atoms with Gasteiger partial charge in [-0.1, -0.05) is 60.7 Å². The Bertz CT molecular complexity index is 4340. The summed E-state index contributed by atoms with van der Waals surface area (Å²) in [6, 6.07) is 32.5. The van der Waals surface area contributed by atoms with Crippen molar-refractivity contribution in [2.75, 3.05) is 34.2 Å². The van der Waals surface area contributed by atoms with E-state index in [-0.39, 0.29) is 92.5 Å². The molecule has 0 atom stereocenters. The van der Waals surface area contributed by atoms with E-state index in [9.17, 15) is 45.1 Å². The van der Waals surface area contributed by atoms with Gasteiger partial charge in [0.25, 0.3) is 23.6 Å². The standard InChI is InChI=1S/C24H16N2O6S2.C18H19N5O2.C16H14N4O2.2Na/c27-33(28,29)17-5-1-15(2-6-17)19-11-13-25-23-21(19)9-10-22-20(12-14-26-24(22)23)16-3-7-18(8-4-16)34(30,31)32;1-20-17(24)13-5-9-21-15-11(13)3-4-12-14(6-10-22-16(12)15)18(25)23-8-2-7-19;1-17-15(21)11-5-7-19-13-9(11)3-4-10-12(16(22)18-2)6-8-20-14(10)13;;/h1-14H,(H,27,28,29)(H,30,31,32);3-6,9-10H,2,7-8,19H2,1H3,(H,20,24)(H,23,25);3-8H,1-2H3,(H,17,21)(H,18,22);;/q;;;2*+1/p-2. The van der Waals surface area contributed by atoms with Gasteiger partial charge in [0.2, 0.25) is 0 Å². The molecule has 0 aliphatic heterocycles. The fourth-order valence-corrected chi connectivity index (χ4v) is 10.1. The first-order valence-electron chi connectivity index (χ1n) is 24.7. The maximum Gasteiger partial charge on any atom is 1.00 e. The third-order valence-electron chi connectivity index (χ3n) is 13.1. The molecule has 0 radical (unpaired) electrons. The predicted molar refractivity (Wildman–Crippen MR) is 304 cm³/mol. The van der Waals surface area contributed by atoms with Crippen molar-refractivity contribution in [2.24, 2.45) is 5.73 Å². The van der Waals surface area contributed by atoms with Gasteiger partial charge in [-0.15, -0.1) is 0 Å². The van der Waals surface area contributed by atoms with Crippen LogP contribution >= 0.6 is 0 Å². The summed E-state index contributed by atoms with van der Waals surface area (Å²) >= 11 is 0. The topological polar surface area (TPSA) is 334 Å². The molecule has 83 heavy (non-hydrogen) atoms. The summed E-state index contributed by atoms with van der Waals surface area (Å²) in [5.74, 6) is -0.742. The average molecular weight is 1170 g/mol. The van der Waals surface area contributed by atoms with E-state index in [1.165, 1.54) is 24.3 Å². The quantitative estimate of drug-likeness (QED) is 0.0514. The number of pyridine rings is 6. The maximum absolute atomic E-state index is 12.4. The van der Waals surface area contributed by atoms with Crippen LogP contribution in [0.15, 0.2) is 168 Å². The van der Waals surface area contributed by atoms with Gasteiger partial charge in [-0.05, 0) is 95.9 Å². The van der Waals surface area contributed by atoms with Gasteiger partial charge >= 0.3 is 59.1 Å². The molecule has 408 valence electrons. The van der Waals surface area contributed by atoms with E-state index >= 15 is 0 Å². The van der Waals surface area contributed by atoms with Crippen LogP contribution < -0.4 is 86.1 Å². The molecule has 5 aromatic carbocycles. The summed E-state index contributed by atoms with van der Waals surface area (Å²) in [7, 11) is -4.33. The summed E-state index contributed by atoms with van der Waals surface area (Å²) < 4.78 is 67.4. The first-order chi connectivity index (χ1) is 39.0. The van der Waals surface area contributed by atoms with Gasteiger partial charge in [0.1, 0.15) is 20.2 Å². The van der Waals surface area contributed by atoms with Crippen molar-refractivity contribution in [1.29, 1.82) is 0 Å². The van der Waals surface area contributed by atoms with E-state index in [0.29, 0.717) is 108 Å². The molecule has 0 saturated carbocycles. The Morgan fingerprint density at radius 3 is 0.940 bits per heavy atom. The van der Waals surface area contributed by atoms with E-state index in [1.807, 2.05) is 12.1 Å². The van der Waals surface area contributed by atoms with Gasteiger partial charge in [0.15, 0.2) is 0 Å². The third-order valence-corrected chi connectivity index (χ3v) is 14.8. The Balaban J connectivity index is 0.000000182. The van der Waals surface area contributed by atoms with Crippen molar-refractivity contribution < 1.29 is 104 Å². The zero-order valence-corrected chi connectivity index (χ0v) is 50.9. The summed E-state index contributed by atoms with van der Waals surface area (Å²) in [6.45, 7) is 1.04. The van der Waals surface area contributed by atoms with Crippen LogP contribution in [-0.2, 0) is 20.2 Å². The molecule has 6 N–H and O–H groups in total. The predicted octanol–water partition coefficient (Wildman–Crippen LogP) is 0.657. The number of aromatic nitrogens is 6. The third kappa shape index (κ3) is 13.4. The van der Waals surface area contributed by atoms with Gasteiger partial charge in [-0.25, -0.2) is 16.8 Å². The van der Waals surface area contributed by atoms with Crippen LogP contribution in [0.4, 0.5) is 0 Å². The molecule has 0 saturated heterocycles. The van der Waals surface area contributed by atoms with Crippen LogP contribution in [0.2, 0.25) is 0 Å². The second-order valence-electron chi connectivity index (χ2n) is 17.8. The number of nitrogens with one attached hydrogen (secondary N) is 4. The van der Waals surface area contributed by atoms with Crippen LogP contribution in [0.1, 0.15) is 47.9 Å². The van der Waals surface area contributed by atoms with E-state index in [4.69, 9.17) is 5.73 Å². The minimum absolute atomic E-state index is 0. The number of hydrogen-bond acceptors (Lipinski definition) is 17. The first-order valence-corrected chi connectivity index (χ1v) is 27.6. The smallest absolute Gasteiger partial charge is 0.744 e. The van der Waals surface area contributed by atoms with Gasteiger partial charge < -0.3 is 36.1 Å². The molecule has 25 heteroatoms. The number of rotatable bonds is 11. The summed E-state index contributed by atoms with van der Waals surface area (Å²) in [6.07, 6.45) is 10.3. The molecule has 4 amide bonds. The number of carbonyl (C=O) groups is 4. The molecule has 6 aromatic heterocycles. The first kappa shape index (κ1) is 62.8. The van der Waals surface area contributed by atoms with Gasteiger partial charge in [0, 0.05) is 97.2 Å². The SMILES string of the molecule is CNC(=O)c1ccnc2c1ccc1c(C(=O)NC)ccnc12.CNC(=O)c1ccnc2c1ccc1c(C(=O)NCCCN)ccnc12.O=S(=O)([O-])c1ccc(-c2ccnc3c2ccc2c(-c4ccc(S(=O)(=O)[O-])cc4)ccnc23)cc1.[Na+].[Na+]. The maximum atomic E-state index is 12.4. The number of nitrogens with two attached hydrogens (primary N) is 1. The summed E-state index contributed by atoms with van der Waals surface area (Å²) in [5, 5.41) is 15.1. The minimum atomic E-state index is -4.54. The molecule has 11 aromatic rings. The number of carbonyl (C=O) groups excluding carboxylic acids is 4. The second kappa shape index (κ2) is 27.1. The molecule has 0 aliphatic carbocycles. The number of nitrogens with zero attached hydrogens (tertiary/aromatic N) is 6. The van der Waals surface area contributed by atoms with Crippen LogP contribution in [0.3, 0.4) is 0 Å². The molecule has 0 aliphatic rings. The van der Waals surface area contributed by atoms with Crippen molar-refractivity contribution in [3.8, 4) is 22.3 Å². The fourth-order valence-electron chi connectivity index (χ4n) is 9.18. The molecule has 0 fully saturated rings. The van der Waals surface area contributed by atoms with Crippen LogP contribution in [0, 0.1) is 0 Å². The Morgan fingerprint density at radius 1 is 0.398 bits per heavy atom. The Labute approximate surface area is 519 Å². The molecular formula is C58H47N11Na2O10S2. The van der Waals surface area contributed by atoms with Crippen molar-refractivity contribution >= 4 is 109 Å². The van der Waals surface area contributed by atoms with Crippen LogP contribution in [-0.4, -0.2) is 114 Å². The zero-order chi connectivity index (χ0) is 57.6. The fraction of sp³-hybridized carbons (Fsp3) is 0.103. The van der Waals surface area contributed by atoms with Gasteiger partial charge in [-0.3, -0.25) is 49.1 Å². The monoisotopic (exact) mass is 1170 g/mol. The van der Waals surface area contributed by atoms with E-state index in [2.05, 4.69) is 51.2 Å². The zero-order valence-electron chi connectivity index (χ0n) is 45.3. The molecule has 0 bridgehead atoms. The molecule has 6 heterocycles. The van der Waals surface area contributed by atoms with Crippen LogP contribution in [0.5, 0.6) is 0 Å². The van der Waals surface area contributed by atoms with Crippen LogP contribution in [0.25, 0.3) is 87.7 Å². The number of benzene rings is 5.